The van der Waals surface area contributed by atoms with Crippen molar-refractivity contribution < 1.29 is 0 Å². The molecule has 1 aliphatic rings. The topological polar surface area (TPSA) is 15.3 Å². The fraction of sp³-hybridized carbons (Fsp3) is 0.667. The molecule has 0 bridgehead atoms. The van der Waals surface area contributed by atoms with Crippen molar-refractivity contribution in [3.8, 4) is 0 Å². The van der Waals surface area contributed by atoms with E-state index in [2.05, 4.69) is 63.9 Å². The first kappa shape index (κ1) is 15.4. The predicted octanol–water partition coefficient (Wildman–Crippen LogP) is 4.22. The minimum Gasteiger partial charge on any atom is -0.366 e. The van der Waals surface area contributed by atoms with Crippen LogP contribution in [0.4, 0.5) is 5.69 Å². The number of benzene rings is 1. The van der Waals surface area contributed by atoms with Gasteiger partial charge in [0, 0.05) is 24.3 Å². The second kappa shape index (κ2) is 5.77. The lowest BCUT2D eigenvalue weighted by Crippen LogP contribution is -2.48. The molecule has 1 aromatic carbocycles. The third-order valence-corrected chi connectivity index (χ3v) is 4.73. The van der Waals surface area contributed by atoms with Gasteiger partial charge in [-0.05, 0) is 69.3 Å². The molecular formula is C18H30N2. The van der Waals surface area contributed by atoms with E-state index in [-0.39, 0.29) is 5.54 Å². The quantitative estimate of drug-likeness (QED) is 0.884. The Morgan fingerprint density at radius 1 is 1.30 bits per heavy atom. The van der Waals surface area contributed by atoms with E-state index in [0.717, 1.165) is 19.6 Å². The Balaban J connectivity index is 2.46. The van der Waals surface area contributed by atoms with Crippen molar-refractivity contribution in [1.82, 2.24) is 5.32 Å². The van der Waals surface area contributed by atoms with Gasteiger partial charge in [0.1, 0.15) is 0 Å². The van der Waals surface area contributed by atoms with Crippen LogP contribution in [0.25, 0.3) is 0 Å². The molecule has 1 aromatic rings. The molecule has 2 heteroatoms. The summed E-state index contributed by atoms with van der Waals surface area (Å²) >= 11 is 0. The average molecular weight is 274 g/mol. The second-order valence-corrected chi connectivity index (χ2v) is 6.78. The molecule has 1 heterocycles. The zero-order valence-electron chi connectivity index (χ0n) is 14.0. The standard InChI is InChI=1S/C18H30N2/c1-7-19-12-15-10-16-14(4)11-18(5,6)20(8-2)17(16)9-13(15)3/h9-10,14,19H,7-8,11-12H2,1-6H3/t14-/m1/s1. The van der Waals surface area contributed by atoms with Crippen LogP contribution in [0.2, 0.25) is 0 Å². The fourth-order valence-corrected chi connectivity index (χ4v) is 3.73. The summed E-state index contributed by atoms with van der Waals surface area (Å²) < 4.78 is 0. The maximum Gasteiger partial charge on any atom is 0.0408 e. The lowest BCUT2D eigenvalue weighted by atomic mass is 9.79. The first-order valence-electron chi connectivity index (χ1n) is 8.02. The van der Waals surface area contributed by atoms with Crippen molar-refractivity contribution in [3.63, 3.8) is 0 Å². The van der Waals surface area contributed by atoms with E-state index >= 15 is 0 Å². The van der Waals surface area contributed by atoms with Crippen LogP contribution in [0.1, 0.15) is 63.6 Å². The van der Waals surface area contributed by atoms with Crippen LogP contribution in [-0.4, -0.2) is 18.6 Å². The van der Waals surface area contributed by atoms with E-state index in [0.29, 0.717) is 5.92 Å². The van der Waals surface area contributed by atoms with Crippen LogP contribution in [0, 0.1) is 6.92 Å². The van der Waals surface area contributed by atoms with Gasteiger partial charge in [-0.15, -0.1) is 0 Å². The maximum atomic E-state index is 3.45. The number of rotatable bonds is 4. The molecule has 20 heavy (non-hydrogen) atoms. The Morgan fingerprint density at radius 3 is 2.60 bits per heavy atom. The summed E-state index contributed by atoms with van der Waals surface area (Å²) in [7, 11) is 0. The van der Waals surface area contributed by atoms with Crippen LogP contribution in [0.5, 0.6) is 0 Å². The minimum absolute atomic E-state index is 0.261. The minimum atomic E-state index is 0.261. The second-order valence-electron chi connectivity index (χ2n) is 6.78. The summed E-state index contributed by atoms with van der Waals surface area (Å²) in [6.45, 7) is 16.9. The Kier molecular flexibility index (Phi) is 4.43. The monoisotopic (exact) mass is 274 g/mol. The van der Waals surface area contributed by atoms with Gasteiger partial charge >= 0.3 is 0 Å². The van der Waals surface area contributed by atoms with Gasteiger partial charge in [0.05, 0.1) is 0 Å². The van der Waals surface area contributed by atoms with Crippen LogP contribution in [0.3, 0.4) is 0 Å². The number of fused-ring (bicyclic) bond motifs is 1. The molecule has 2 nitrogen and oxygen atoms in total. The highest BCUT2D eigenvalue weighted by molar-refractivity contribution is 5.62. The van der Waals surface area contributed by atoms with E-state index in [1.807, 2.05) is 0 Å². The molecule has 1 aliphatic heterocycles. The number of aryl methyl sites for hydroxylation is 1. The van der Waals surface area contributed by atoms with Crippen molar-refractivity contribution >= 4 is 5.69 Å². The average Bonchev–Trinajstić information content (AvgIpc) is 2.36. The largest absolute Gasteiger partial charge is 0.366 e. The third-order valence-electron chi connectivity index (χ3n) is 4.73. The maximum absolute atomic E-state index is 3.45. The third kappa shape index (κ3) is 2.71. The number of hydrogen-bond donors (Lipinski definition) is 1. The Hall–Kier alpha value is -1.02. The molecule has 0 radical (unpaired) electrons. The van der Waals surface area contributed by atoms with Gasteiger partial charge in [-0.2, -0.15) is 0 Å². The number of nitrogens with zero attached hydrogens (tertiary/aromatic N) is 1. The van der Waals surface area contributed by atoms with Gasteiger partial charge in [-0.25, -0.2) is 0 Å². The molecule has 0 saturated carbocycles. The lowest BCUT2D eigenvalue weighted by molar-refractivity contribution is 0.381. The SMILES string of the molecule is CCNCc1cc2c(cc1C)N(CC)C(C)(C)C[C@H]2C. The zero-order chi connectivity index (χ0) is 14.9. The van der Waals surface area contributed by atoms with Gasteiger partial charge in [-0.1, -0.05) is 19.9 Å². The van der Waals surface area contributed by atoms with E-state index < -0.39 is 0 Å². The number of hydrogen-bond acceptors (Lipinski definition) is 2. The van der Waals surface area contributed by atoms with Crippen molar-refractivity contribution in [1.29, 1.82) is 0 Å². The normalized spacial score (nSPS) is 20.9. The number of anilines is 1. The first-order valence-corrected chi connectivity index (χ1v) is 8.02. The fourth-order valence-electron chi connectivity index (χ4n) is 3.73. The van der Waals surface area contributed by atoms with Gasteiger partial charge in [0.2, 0.25) is 0 Å². The summed E-state index contributed by atoms with van der Waals surface area (Å²) in [5.74, 6) is 0.642. The highest BCUT2D eigenvalue weighted by Gasteiger charge is 2.35. The number of nitrogens with one attached hydrogen (secondary N) is 1. The van der Waals surface area contributed by atoms with Crippen molar-refractivity contribution in [2.24, 2.45) is 0 Å². The molecular weight excluding hydrogens is 244 g/mol. The molecule has 0 aromatic heterocycles. The zero-order valence-corrected chi connectivity index (χ0v) is 14.0. The molecule has 0 aliphatic carbocycles. The summed E-state index contributed by atoms with van der Waals surface area (Å²) in [5.41, 5.74) is 6.11. The molecule has 0 saturated heterocycles. The summed E-state index contributed by atoms with van der Waals surface area (Å²) in [5, 5.41) is 3.45. The molecule has 112 valence electrons. The first-order chi connectivity index (χ1) is 9.40. The Bertz CT molecular complexity index is 477. The Labute approximate surface area is 124 Å². The predicted molar refractivity (Wildman–Crippen MR) is 88.7 cm³/mol. The molecule has 0 amide bonds. The molecule has 1 N–H and O–H groups in total. The van der Waals surface area contributed by atoms with E-state index in [1.165, 1.54) is 28.8 Å². The van der Waals surface area contributed by atoms with E-state index in [1.54, 1.807) is 0 Å². The van der Waals surface area contributed by atoms with Crippen LogP contribution in [-0.2, 0) is 6.54 Å². The smallest absolute Gasteiger partial charge is 0.0408 e. The van der Waals surface area contributed by atoms with Crippen molar-refractivity contribution in [2.75, 3.05) is 18.0 Å². The summed E-state index contributed by atoms with van der Waals surface area (Å²) in [6, 6.07) is 4.85. The van der Waals surface area contributed by atoms with Gasteiger partial charge in [0.25, 0.3) is 0 Å². The van der Waals surface area contributed by atoms with Crippen LogP contribution in [0.15, 0.2) is 12.1 Å². The summed E-state index contributed by atoms with van der Waals surface area (Å²) in [6.07, 6.45) is 1.23. The van der Waals surface area contributed by atoms with Crippen molar-refractivity contribution in [3.05, 3.63) is 28.8 Å². The Morgan fingerprint density at radius 2 is 2.00 bits per heavy atom. The summed E-state index contributed by atoms with van der Waals surface area (Å²) in [4.78, 5) is 2.58. The molecule has 1 atom stereocenters. The van der Waals surface area contributed by atoms with Crippen LogP contribution < -0.4 is 10.2 Å². The van der Waals surface area contributed by atoms with Crippen molar-refractivity contribution in [2.45, 2.75) is 66.0 Å². The lowest BCUT2D eigenvalue weighted by Gasteiger charge is -2.47. The van der Waals surface area contributed by atoms with Gasteiger partial charge in [0.15, 0.2) is 0 Å². The molecule has 0 spiro atoms. The molecule has 2 rings (SSSR count). The van der Waals surface area contributed by atoms with Crippen LogP contribution >= 0.6 is 0 Å². The van der Waals surface area contributed by atoms with E-state index in [4.69, 9.17) is 0 Å². The highest BCUT2D eigenvalue weighted by atomic mass is 15.2. The van der Waals surface area contributed by atoms with E-state index in [9.17, 15) is 0 Å². The molecule has 0 fully saturated rings. The van der Waals surface area contributed by atoms with Gasteiger partial charge < -0.3 is 10.2 Å². The highest BCUT2D eigenvalue weighted by Crippen LogP contribution is 2.44. The van der Waals surface area contributed by atoms with Gasteiger partial charge in [-0.3, -0.25) is 0 Å². The molecule has 0 unspecified atom stereocenters.